The van der Waals surface area contributed by atoms with Crippen LogP contribution < -0.4 is 0 Å². The smallest absolute Gasteiger partial charge is 0.0228 e. The Morgan fingerprint density at radius 2 is 1.38 bits per heavy atom. The van der Waals surface area contributed by atoms with E-state index in [0.29, 0.717) is 5.41 Å². The Kier molecular flexibility index (Phi) is 4.27. The molecule has 0 heteroatoms. The van der Waals surface area contributed by atoms with Crippen molar-refractivity contribution in [3.63, 3.8) is 0 Å². The van der Waals surface area contributed by atoms with Gasteiger partial charge in [0, 0.05) is 0 Å². The Morgan fingerprint density at radius 3 is 1.77 bits per heavy atom. The van der Waals surface area contributed by atoms with Crippen LogP contribution in [0.15, 0.2) is 24.3 Å². The van der Waals surface area contributed by atoms with Crippen LogP contribution in [0.5, 0.6) is 0 Å². The third-order valence-electron chi connectivity index (χ3n) is 3.24. The van der Waals surface area contributed by atoms with E-state index in [0.717, 1.165) is 0 Å². The van der Waals surface area contributed by atoms with E-state index in [-0.39, 0.29) is 0 Å². The molecule has 0 amide bonds. The van der Waals surface area contributed by atoms with Crippen LogP contribution >= 0.6 is 0 Å². The zero-order valence-corrected chi connectivity index (χ0v) is 9.05. The summed E-state index contributed by atoms with van der Waals surface area (Å²) < 4.78 is 0. The highest BCUT2D eigenvalue weighted by atomic mass is 14.4. The number of rotatable bonds is 4. The average molecular weight is 178 g/mol. The van der Waals surface area contributed by atoms with Crippen molar-refractivity contribution in [2.75, 3.05) is 0 Å². The fourth-order valence-corrected chi connectivity index (χ4v) is 2.35. The maximum absolute atomic E-state index is 2.34. The molecule has 0 aromatic heterocycles. The lowest BCUT2D eigenvalue weighted by Gasteiger charge is -2.26. The molecule has 0 heterocycles. The summed E-state index contributed by atoms with van der Waals surface area (Å²) in [6, 6.07) is 0. The zero-order valence-electron chi connectivity index (χ0n) is 9.05. The van der Waals surface area contributed by atoms with Crippen LogP contribution in [0.25, 0.3) is 0 Å². The molecule has 1 aliphatic carbocycles. The first-order chi connectivity index (χ1) is 6.33. The number of hydrogen-bond acceptors (Lipinski definition) is 0. The molecule has 13 heavy (non-hydrogen) atoms. The van der Waals surface area contributed by atoms with E-state index in [9.17, 15) is 0 Å². The molecule has 1 rings (SSSR count). The van der Waals surface area contributed by atoms with E-state index in [1.54, 1.807) is 0 Å². The maximum atomic E-state index is 2.34. The highest BCUT2D eigenvalue weighted by Crippen LogP contribution is 2.44. The molecule has 0 aromatic carbocycles. The van der Waals surface area contributed by atoms with Gasteiger partial charge in [-0.25, -0.2) is 0 Å². The van der Waals surface area contributed by atoms with Gasteiger partial charge in [0.15, 0.2) is 0 Å². The van der Waals surface area contributed by atoms with Crippen LogP contribution in [0.4, 0.5) is 0 Å². The van der Waals surface area contributed by atoms with Crippen LogP contribution in [0.3, 0.4) is 0 Å². The molecule has 0 saturated heterocycles. The van der Waals surface area contributed by atoms with E-state index in [2.05, 4.69) is 38.2 Å². The second-order valence-electron chi connectivity index (χ2n) is 4.25. The highest BCUT2D eigenvalue weighted by molar-refractivity contribution is 4.97. The lowest BCUT2D eigenvalue weighted by Crippen LogP contribution is -2.13. The van der Waals surface area contributed by atoms with Crippen LogP contribution in [0.1, 0.15) is 52.4 Å². The lowest BCUT2D eigenvalue weighted by atomic mass is 9.79. The van der Waals surface area contributed by atoms with Crippen molar-refractivity contribution in [2.45, 2.75) is 52.4 Å². The summed E-state index contributed by atoms with van der Waals surface area (Å²) in [4.78, 5) is 0. The second kappa shape index (κ2) is 5.26. The molecule has 1 fully saturated rings. The molecule has 0 spiro atoms. The van der Waals surface area contributed by atoms with Gasteiger partial charge in [0.2, 0.25) is 0 Å². The molecule has 0 aromatic rings. The fourth-order valence-electron chi connectivity index (χ4n) is 2.35. The minimum Gasteiger partial charge on any atom is -0.0916 e. The molecular weight excluding hydrogens is 156 g/mol. The minimum atomic E-state index is 0.624. The van der Waals surface area contributed by atoms with Gasteiger partial charge in [0.05, 0.1) is 0 Å². The lowest BCUT2D eigenvalue weighted by molar-refractivity contribution is 0.305. The van der Waals surface area contributed by atoms with Gasteiger partial charge in [0.1, 0.15) is 0 Å². The Labute approximate surface area is 82.7 Å². The molecule has 0 unspecified atom stereocenters. The molecular formula is C13H22. The van der Waals surface area contributed by atoms with Crippen molar-refractivity contribution < 1.29 is 0 Å². The summed E-state index contributed by atoms with van der Waals surface area (Å²) in [5, 5.41) is 0. The summed E-state index contributed by atoms with van der Waals surface area (Å²) in [7, 11) is 0. The largest absolute Gasteiger partial charge is 0.0916 e. The van der Waals surface area contributed by atoms with Gasteiger partial charge < -0.3 is 0 Å². The fraction of sp³-hybridized carbons (Fsp3) is 0.692. The Balaban J connectivity index is 2.52. The first-order valence-corrected chi connectivity index (χ1v) is 5.55. The van der Waals surface area contributed by atoms with Crippen LogP contribution in [0, 0.1) is 5.41 Å². The third-order valence-corrected chi connectivity index (χ3v) is 3.24. The molecule has 0 radical (unpaired) electrons. The SMILES string of the molecule is C/C=C/CC1(C/C=C/C)CCCC1. The van der Waals surface area contributed by atoms with Crippen molar-refractivity contribution in [1.82, 2.24) is 0 Å². The van der Waals surface area contributed by atoms with Crippen molar-refractivity contribution in [1.29, 1.82) is 0 Å². The van der Waals surface area contributed by atoms with E-state index in [4.69, 9.17) is 0 Å². The zero-order chi connectivity index (χ0) is 9.57. The van der Waals surface area contributed by atoms with Gasteiger partial charge in [-0.3, -0.25) is 0 Å². The monoisotopic (exact) mass is 178 g/mol. The van der Waals surface area contributed by atoms with E-state index in [1.807, 2.05) is 0 Å². The minimum absolute atomic E-state index is 0.624. The Hall–Kier alpha value is -0.520. The van der Waals surface area contributed by atoms with Crippen LogP contribution in [-0.2, 0) is 0 Å². The van der Waals surface area contributed by atoms with Crippen molar-refractivity contribution in [2.24, 2.45) is 5.41 Å². The predicted octanol–water partition coefficient (Wildman–Crippen LogP) is 4.48. The summed E-state index contributed by atoms with van der Waals surface area (Å²) in [5.74, 6) is 0. The second-order valence-corrected chi connectivity index (χ2v) is 4.25. The normalized spacial score (nSPS) is 22.0. The highest BCUT2D eigenvalue weighted by Gasteiger charge is 2.30. The van der Waals surface area contributed by atoms with Gasteiger partial charge in [-0.1, -0.05) is 37.1 Å². The van der Waals surface area contributed by atoms with Crippen molar-refractivity contribution in [3.8, 4) is 0 Å². The Morgan fingerprint density at radius 1 is 0.923 bits per heavy atom. The quantitative estimate of drug-likeness (QED) is 0.557. The molecule has 1 aliphatic rings. The third kappa shape index (κ3) is 3.02. The molecule has 0 bridgehead atoms. The molecule has 0 N–H and O–H groups in total. The summed E-state index contributed by atoms with van der Waals surface area (Å²) in [5.41, 5.74) is 0.624. The summed E-state index contributed by atoms with van der Waals surface area (Å²) >= 11 is 0. The van der Waals surface area contributed by atoms with E-state index in [1.165, 1.54) is 38.5 Å². The van der Waals surface area contributed by atoms with Gasteiger partial charge >= 0.3 is 0 Å². The van der Waals surface area contributed by atoms with Gasteiger partial charge in [-0.2, -0.15) is 0 Å². The van der Waals surface area contributed by atoms with E-state index >= 15 is 0 Å². The van der Waals surface area contributed by atoms with Crippen LogP contribution in [0.2, 0.25) is 0 Å². The first kappa shape index (κ1) is 10.6. The van der Waals surface area contributed by atoms with Crippen LogP contribution in [-0.4, -0.2) is 0 Å². The molecule has 0 aliphatic heterocycles. The van der Waals surface area contributed by atoms with Crippen molar-refractivity contribution >= 4 is 0 Å². The number of hydrogen-bond donors (Lipinski definition) is 0. The van der Waals surface area contributed by atoms with E-state index < -0.39 is 0 Å². The van der Waals surface area contributed by atoms with Crippen molar-refractivity contribution in [3.05, 3.63) is 24.3 Å². The Bertz CT molecular complexity index is 164. The number of allylic oxidation sites excluding steroid dienone is 4. The predicted molar refractivity (Wildman–Crippen MR) is 59.8 cm³/mol. The van der Waals surface area contributed by atoms with Gasteiger partial charge in [-0.05, 0) is 44.9 Å². The molecule has 0 atom stereocenters. The standard InChI is InChI=1S/C13H22/c1-3-5-9-13(10-6-4-2)11-7-8-12-13/h3-6H,7-12H2,1-2H3/b5-3+,6-4+. The first-order valence-electron chi connectivity index (χ1n) is 5.55. The molecule has 0 nitrogen and oxygen atoms in total. The summed E-state index contributed by atoms with van der Waals surface area (Å²) in [6.07, 6.45) is 17.4. The maximum Gasteiger partial charge on any atom is -0.0228 e. The molecule has 74 valence electrons. The topological polar surface area (TPSA) is 0 Å². The summed E-state index contributed by atoms with van der Waals surface area (Å²) in [6.45, 7) is 4.25. The van der Waals surface area contributed by atoms with Gasteiger partial charge in [-0.15, -0.1) is 0 Å². The molecule has 1 saturated carbocycles. The van der Waals surface area contributed by atoms with Gasteiger partial charge in [0.25, 0.3) is 0 Å². The average Bonchev–Trinajstić information content (AvgIpc) is 2.61.